The molecule has 0 spiro atoms. The zero-order chi connectivity index (χ0) is 15.9. The number of rotatable bonds is 4. The number of benzene rings is 1. The van der Waals surface area contributed by atoms with Crippen molar-refractivity contribution in [3.63, 3.8) is 0 Å². The summed E-state index contributed by atoms with van der Waals surface area (Å²) in [6.07, 6.45) is 0. The lowest BCUT2D eigenvalue weighted by molar-refractivity contribution is 0.392. The fourth-order valence-electron chi connectivity index (χ4n) is 2.77. The molecule has 0 unspecified atom stereocenters. The van der Waals surface area contributed by atoms with Gasteiger partial charge in [0, 0.05) is 5.56 Å². The summed E-state index contributed by atoms with van der Waals surface area (Å²) in [4.78, 5) is 4.70. The van der Waals surface area contributed by atoms with Gasteiger partial charge >= 0.3 is 0 Å². The number of hydrogen-bond donors (Lipinski definition) is 1. The predicted molar refractivity (Wildman–Crippen MR) is 86.8 cm³/mol. The van der Waals surface area contributed by atoms with Crippen molar-refractivity contribution in [1.29, 1.82) is 0 Å². The van der Waals surface area contributed by atoms with Gasteiger partial charge in [0.25, 0.3) is 0 Å². The summed E-state index contributed by atoms with van der Waals surface area (Å²) in [5, 5.41) is 4.03. The van der Waals surface area contributed by atoms with Crippen LogP contribution < -0.4 is 5.73 Å². The van der Waals surface area contributed by atoms with Crippen molar-refractivity contribution in [2.24, 2.45) is 5.73 Å². The molecule has 2 aromatic heterocycles. The Bertz CT molecular complexity index is 794. The molecule has 0 radical (unpaired) electrons. The van der Waals surface area contributed by atoms with Gasteiger partial charge in [0.2, 0.25) is 0 Å². The lowest BCUT2D eigenvalue weighted by Gasteiger charge is -2.09. The molecule has 0 bridgehead atoms. The molecule has 2 heterocycles. The summed E-state index contributed by atoms with van der Waals surface area (Å²) in [5.41, 5.74) is 11.3. The van der Waals surface area contributed by atoms with Crippen LogP contribution >= 0.6 is 0 Å². The van der Waals surface area contributed by atoms with Crippen LogP contribution in [0.3, 0.4) is 0 Å². The van der Waals surface area contributed by atoms with E-state index in [1.54, 1.807) is 0 Å². The van der Waals surface area contributed by atoms with E-state index in [2.05, 4.69) is 41.8 Å². The Morgan fingerprint density at radius 2 is 2.05 bits per heavy atom. The Kier molecular flexibility index (Phi) is 3.74. The van der Waals surface area contributed by atoms with Gasteiger partial charge in [-0.2, -0.15) is 0 Å². The fraction of sp³-hybridized carbons (Fsp3) is 0.412. The number of aryl methyl sites for hydroxylation is 2. The van der Waals surface area contributed by atoms with Crippen molar-refractivity contribution >= 4 is 11.0 Å². The van der Waals surface area contributed by atoms with E-state index in [-0.39, 0.29) is 0 Å². The summed E-state index contributed by atoms with van der Waals surface area (Å²) >= 11 is 0. The van der Waals surface area contributed by atoms with Crippen LogP contribution in [0.1, 0.15) is 48.2 Å². The number of imidazole rings is 1. The third-order valence-electron chi connectivity index (χ3n) is 4.20. The van der Waals surface area contributed by atoms with Crippen molar-refractivity contribution in [2.45, 2.75) is 46.7 Å². The molecule has 0 aliphatic carbocycles. The van der Waals surface area contributed by atoms with Gasteiger partial charge < -0.3 is 14.8 Å². The molecule has 3 rings (SSSR count). The SMILES string of the molecule is Cc1noc(C)c1Cn1c(CN)nc2cc(C(C)C)ccc21. The van der Waals surface area contributed by atoms with Crippen LogP contribution in [-0.4, -0.2) is 14.7 Å². The van der Waals surface area contributed by atoms with E-state index in [1.165, 1.54) is 5.56 Å². The van der Waals surface area contributed by atoms with Crippen LogP contribution in [0.5, 0.6) is 0 Å². The van der Waals surface area contributed by atoms with E-state index in [9.17, 15) is 0 Å². The van der Waals surface area contributed by atoms with Gasteiger partial charge in [0.15, 0.2) is 0 Å². The third-order valence-corrected chi connectivity index (χ3v) is 4.20. The molecule has 0 fully saturated rings. The van der Waals surface area contributed by atoms with Crippen LogP contribution in [-0.2, 0) is 13.1 Å². The molecule has 0 aliphatic rings. The van der Waals surface area contributed by atoms with Gasteiger partial charge in [0.1, 0.15) is 11.6 Å². The molecule has 0 amide bonds. The topological polar surface area (TPSA) is 69.9 Å². The standard InChI is InChI=1S/C17H22N4O/c1-10(2)13-5-6-16-15(7-13)19-17(8-18)21(16)9-14-11(3)20-22-12(14)4/h5-7,10H,8-9,18H2,1-4H3. The van der Waals surface area contributed by atoms with Crippen LogP contribution in [0.15, 0.2) is 22.7 Å². The molecule has 0 aliphatic heterocycles. The zero-order valence-corrected chi connectivity index (χ0v) is 13.6. The first-order valence-corrected chi connectivity index (χ1v) is 7.62. The minimum Gasteiger partial charge on any atom is -0.361 e. The number of nitrogens with zero attached hydrogens (tertiary/aromatic N) is 3. The molecule has 2 N–H and O–H groups in total. The van der Waals surface area contributed by atoms with E-state index < -0.39 is 0 Å². The smallest absolute Gasteiger partial charge is 0.138 e. The Morgan fingerprint density at radius 3 is 2.64 bits per heavy atom. The summed E-state index contributed by atoms with van der Waals surface area (Å²) in [6, 6.07) is 6.46. The maximum Gasteiger partial charge on any atom is 0.138 e. The maximum atomic E-state index is 5.90. The Balaban J connectivity index is 2.12. The van der Waals surface area contributed by atoms with Crippen LogP contribution in [0.2, 0.25) is 0 Å². The highest BCUT2D eigenvalue weighted by Gasteiger charge is 2.15. The minimum absolute atomic E-state index is 0.412. The maximum absolute atomic E-state index is 5.90. The molecule has 116 valence electrons. The van der Waals surface area contributed by atoms with Gasteiger partial charge in [-0.15, -0.1) is 0 Å². The van der Waals surface area contributed by atoms with Crippen LogP contribution in [0, 0.1) is 13.8 Å². The van der Waals surface area contributed by atoms with Gasteiger partial charge in [-0.1, -0.05) is 25.1 Å². The van der Waals surface area contributed by atoms with E-state index in [1.807, 2.05) is 13.8 Å². The van der Waals surface area contributed by atoms with Crippen LogP contribution in [0.4, 0.5) is 0 Å². The molecule has 0 saturated heterocycles. The lowest BCUT2D eigenvalue weighted by atomic mass is 10.0. The van der Waals surface area contributed by atoms with Gasteiger partial charge in [0.05, 0.1) is 29.8 Å². The molecule has 1 aromatic carbocycles. The fourth-order valence-corrected chi connectivity index (χ4v) is 2.77. The van der Waals surface area contributed by atoms with Gasteiger partial charge in [-0.3, -0.25) is 0 Å². The predicted octanol–water partition coefficient (Wildman–Crippen LogP) is 3.27. The first-order chi connectivity index (χ1) is 10.5. The molecular formula is C17H22N4O. The van der Waals surface area contributed by atoms with Crippen molar-refractivity contribution in [3.05, 3.63) is 46.6 Å². The van der Waals surface area contributed by atoms with Crippen LogP contribution in [0.25, 0.3) is 11.0 Å². The third kappa shape index (κ3) is 2.41. The highest BCUT2D eigenvalue weighted by Crippen LogP contribution is 2.24. The quantitative estimate of drug-likeness (QED) is 0.802. The molecule has 22 heavy (non-hydrogen) atoms. The number of nitrogens with two attached hydrogens (primary N) is 1. The second kappa shape index (κ2) is 5.57. The molecule has 5 heteroatoms. The molecule has 0 saturated carbocycles. The number of aromatic nitrogens is 3. The average molecular weight is 298 g/mol. The molecular weight excluding hydrogens is 276 g/mol. The summed E-state index contributed by atoms with van der Waals surface area (Å²) in [5.74, 6) is 2.22. The zero-order valence-electron chi connectivity index (χ0n) is 13.6. The first kappa shape index (κ1) is 14.8. The Hall–Kier alpha value is -2.14. The average Bonchev–Trinajstić information content (AvgIpc) is 3.01. The molecule has 3 aromatic rings. The van der Waals surface area contributed by atoms with E-state index in [0.29, 0.717) is 19.0 Å². The van der Waals surface area contributed by atoms with E-state index in [4.69, 9.17) is 15.2 Å². The van der Waals surface area contributed by atoms with Crippen molar-refractivity contribution < 1.29 is 4.52 Å². The largest absolute Gasteiger partial charge is 0.361 e. The number of hydrogen-bond acceptors (Lipinski definition) is 4. The second-order valence-corrected chi connectivity index (χ2v) is 6.02. The van der Waals surface area contributed by atoms with Crippen molar-refractivity contribution in [1.82, 2.24) is 14.7 Å². The lowest BCUT2D eigenvalue weighted by Crippen LogP contribution is -2.10. The van der Waals surface area contributed by atoms with Gasteiger partial charge in [-0.05, 0) is 37.5 Å². The van der Waals surface area contributed by atoms with Gasteiger partial charge in [-0.25, -0.2) is 4.98 Å². The summed E-state index contributed by atoms with van der Waals surface area (Å²) in [7, 11) is 0. The highest BCUT2D eigenvalue weighted by molar-refractivity contribution is 5.77. The van der Waals surface area contributed by atoms with E-state index >= 15 is 0 Å². The Morgan fingerprint density at radius 1 is 1.27 bits per heavy atom. The first-order valence-electron chi connectivity index (χ1n) is 7.62. The Labute approximate surface area is 130 Å². The summed E-state index contributed by atoms with van der Waals surface area (Å²) in [6.45, 7) is 9.37. The highest BCUT2D eigenvalue weighted by atomic mass is 16.5. The van der Waals surface area contributed by atoms with Crippen molar-refractivity contribution in [3.8, 4) is 0 Å². The molecule has 0 atom stereocenters. The normalized spacial score (nSPS) is 11.7. The minimum atomic E-state index is 0.412. The second-order valence-electron chi connectivity index (χ2n) is 6.02. The van der Waals surface area contributed by atoms with Crippen molar-refractivity contribution in [2.75, 3.05) is 0 Å². The van der Waals surface area contributed by atoms with E-state index in [0.717, 1.165) is 33.9 Å². The number of fused-ring (bicyclic) bond motifs is 1. The monoisotopic (exact) mass is 298 g/mol. The summed E-state index contributed by atoms with van der Waals surface area (Å²) < 4.78 is 7.42. The molecule has 5 nitrogen and oxygen atoms in total.